The summed E-state index contributed by atoms with van der Waals surface area (Å²) in [6.07, 6.45) is 2.04. The molecule has 1 fully saturated rings. The Kier molecular flexibility index (Phi) is 4.99. The Morgan fingerprint density at radius 2 is 2.00 bits per heavy atom. The Bertz CT molecular complexity index is 523. The number of rotatable bonds is 6. The van der Waals surface area contributed by atoms with Crippen LogP contribution in [0, 0.1) is 12.8 Å². The Balaban J connectivity index is 2.11. The topological polar surface area (TPSA) is 46.6 Å². The molecule has 0 N–H and O–H groups in total. The van der Waals surface area contributed by atoms with E-state index in [1.54, 1.807) is 6.92 Å². The molecule has 21 heavy (non-hydrogen) atoms. The van der Waals surface area contributed by atoms with Crippen molar-refractivity contribution in [3.63, 3.8) is 0 Å². The second-order valence-corrected chi connectivity index (χ2v) is 5.66. The van der Waals surface area contributed by atoms with E-state index in [1.807, 2.05) is 43.0 Å². The first-order valence-electron chi connectivity index (χ1n) is 7.57. The van der Waals surface area contributed by atoms with Crippen molar-refractivity contribution in [3.05, 3.63) is 35.4 Å². The van der Waals surface area contributed by atoms with Crippen LogP contribution in [0.4, 0.5) is 0 Å². The van der Waals surface area contributed by atoms with Gasteiger partial charge in [-0.15, -0.1) is 0 Å². The number of esters is 1. The van der Waals surface area contributed by atoms with Crippen LogP contribution in [0.25, 0.3) is 0 Å². The molecular weight excluding hydrogens is 266 g/mol. The molecule has 0 aliphatic heterocycles. The van der Waals surface area contributed by atoms with Crippen molar-refractivity contribution in [3.8, 4) is 0 Å². The number of carbonyl (C=O) groups is 2. The summed E-state index contributed by atoms with van der Waals surface area (Å²) in [5.41, 5.74) is 1.69. The maximum atomic E-state index is 12.7. The zero-order valence-corrected chi connectivity index (χ0v) is 13.0. The van der Waals surface area contributed by atoms with Gasteiger partial charge in [-0.05, 0) is 38.3 Å². The minimum Gasteiger partial charge on any atom is -0.466 e. The first-order valence-corrected chi connectivity index (χ1v) is 7.57. The quantitative estimate of drug-likeness (QED) is 0.757. The summed E-state index contributed by atoms with van der Waals surface area (Å²) in [4.78, 5) is 26.4. The molecule has 0 radical (unpaired) electrons. The van der Waals surface area contributed by atoms with Crippen molar-refractivity contribution in [1.29, 1.82) is 0 Å². The standard InChI is InChI=1S/C17H23NO3/c1-4-21-17(20)13(3)11-18(14-9-10-14)16(19)15-8-6-5-7-12(15)2/h5-8,13-14H,4,9-11H2,1-3H3. The lowest BCUT2D eigenvalue weighted by Gasteiger charge is -2.25. The van der Waals surface area contributed by atoms with Crippen molar-refractivity contribution in [2.24, 2.45) is 5.92 Å². The Hall–Kier alpha value is -1.84. The lowest BCUT2D eigenvalue weighted by Crippen LogP contribution is -2.39. The zero-order valence-electron chi connectivity index (χ0n) is 13.0. The van der Waals surface area contributed by atoms with Gasteiger partial charge in [0, 0.05) is 18.2 Å². The highest BCUT2D eigenvalue weighted by atomic mass is 16.5. The number of carbonyl (C=O) groups excluding carboxylic acids is 2. The summed E-state index contributed by atoms with van der Waals surface area (Å²) >= 11 is 0. The fourth-order valence-electron chi connectivity index (χ4n) is 2.41. The number of amides is 1. The summed E-state index contributed by atoms with van der Waals surface area (Å²) in [5.74, 6) is -0.508. The molecule has 0 bridgehead atoms. The lowest BCUT2D eigenvalue weighted by molar-refractivity contribution is -0.147. The van der Waals surface area contributed by atoms with E-state index in [9.17, 15) is 9.59 Å². The fourth-order valence-corrected chi connectivity index (χ4v) is 2.41. The zero-order chi connectivity index (χ0) is 15.4. The van der Waals surface area contributed by atoms with E-state index in [4.69, 9.17) is 4.74 Å². The summed E-state index contributed by atoms with van der Waals surface area (Å²) < 4.78 is 5.04. The molecule has 1 aromatic carbocycles. The third-order valence-corrected chi connectivity index (χ3v) is 3.78. The normalized spacial score (nSPS) is 15.4. The molecule has 0 spiro atoms. The monoisotopic (exact) mass is 289 g/mol. The van der Waals surface area contributed by atoms with Crippen LogP contribution in [0.15, 0.2) is 24.3 Å². The van der Waals surface area contributed by atoms with Crippen LogP contribution < -0.4 is 0 Å². The second kappa shape index (κ2) is 6.74. The van der Waals surface area contributed by atoms with Crippen molar-refractivity contribution >= 4 is 11.9 Å². The molecule has 1 amide bonds. The van der Waals surface area contributed by atoms with E-state index in [0.717, 1.165) is 24.0 Å². The molecule has 0 heterocycles. The molecule has 4 nitrogen and oxygen atoms in total. The van der Waals surface area contributed by atoms with Crippen molar-refractivity contribution in [2.45, 2.75) is 39.7 Å². The summed E-state index contributed by atoms with van der Waals surface area (Å²) in [6, 6.07) is 7.86. The van der Waals surface area contributed by atoms with Gasteiger partial charge in [-0.25, -0.2) is 0 Å². The number of nitrogens with zero attached hydrogens (tertiary/aromatic N) is 1. The molecule has 1 aromatic rings. The number of ether oxygens (including phenoxy) is 1. The predicted octanol–water partition coefficient (Wildman–Crippen LogP) is 2.80. The highest BCUT2D eigenvalue weighted by molar-refractivity contribution is 5.96. The third kappa shape index (κ3) is 3.84. The van der Waals surface area contributed by atoms with Crippen LogP contribution in [-0.2, 0) is 9.53 Å². The third-order valence-electron chi connectivity index (χ3n) is 3.78. The largest absolute Gasteiger partial charge is 0.466 e. The number of benzene rings is 1. The lowest BCUT2D eigenvalue weighted by atomic mass is 10.1. The molecular formula is C17H23NO3. The number of hydrogen-bond acceptors (Lipinski definition) is 3. The first-order chi connectivity index (χ1) is 10.0. The Morgan fingerprint density at radius 1 is 1.33 bits per heavy atom. The van der Waals surface area contributed by atoms with Crippen LogP contribution in [0.1, 0.15) is 42.6 Å². The molecule has 1 atom stereocenters. The fraction of sp³-hybridized carbons (Fsp3) is 0.529. The molecule has 1 aliphatic carbocycles. The number of hydrogen-bond donors (Lipinski definition) is 0. The van der Waals surface area contributed by atoms with Crippen LogP contribution in [0.5, 0.6) is 0 Å². The van der Waals surface area contributed by atoms with Gasteiger partial charge in [-0.1, -0.05) is 25.1 Å². The molecule has 1 aliphatic rings. The van der Waals surface area contributed by atoms with E-state index in [0.29, 0.717) is 13.2 Å². The molecule has 0 saturated heterocycles. The van der Waals surface area contributed by atoms with Gasteiger partial charge in [-0.3, -0.25) is 9.59 Å². The summed E-state index contributed by atoms with van der Waals surface area (Å²) in [6.45, 7) is 6.35. The SMILES string of the molecule is CCOC(=O)C(C)CN(C(=O)c1ccccc1C)C1CC1. The van der Waals surface area contributed by atoms with Crippen molar-refractivity contribution in [2.75, 3.05) is 13.2 Å². The molecule has 1 saturated carbocycles. The van der Waals surface area contributed by atoms with E-state index < -0.39 is 0 Å². The summed E-state index contributed by atoms with van der Waals surface area (Å²) in [5, 5.41) is 0. The predicted molar refractivity (Wildman–Crippen MR) is 81.0 cm³/mol. The highest BCUT2D eigenvalue weighted by Gasteiger charge is 2.35. The molecule has 114 valence electrons. The summed E-state index contributed by atoms with van der Waals surface area (Å²) in [7, 11) is 0. The highest BCUT2D eigenvalue weighted by Crippen LogP contribution is 2.29. The maximum Gasteiger partial charge on any atom is 0.310 e. The van der Waals surface area contributed by atoms with Gasteiger partial charge >= 0.3 is 5.97 Å². The Morgan fingerprint density at radius 3 is 2.57 bits per heavy atom. The van der Waals surface area contributed by atoms with E-state index >= 15 is 0 Å². The van der Waals surface area contributed by atoms with Crippen molar-refractivity contribution in [1.82, 2.24) is 4.90 Å². The maximum absolute atomic E-state index is 12.7. The van der Waals surface area contributed by atoms with Gasteiger partial charge < -0.3 is 9.64 Å². The van der Waals surface area contributed by atoms with Gasteiger partial charge in [0.05, 0.1) is 12.5 Å². The van der Waals surface area contributed by atoms with Gasteiger partial charge in [0.1, 0.15) is 0 Å². The van der Waals surface area contributed by atoms with Crippen LogP contribution >= 0.6 is 0 Å². The van der Waals surface area contributed by atoms with Gasteiger partial charge in [-0.2, -0.15) is 0 Å². The Labute approximate surface area is 126 Å². The molecule has 2 rings (SSSR count). The van der Waals surface area contributed by atoms with E-state index in [1.165, 1.54) is 0 Å². The number of aryl methyl sites for hydroxylation is 1. The van der Waals surface area contributed by atoms with Crippen LogP contribution in [-0.4, -0.2) is 36.0 Å². The molecule has 1 unspecified atom stereocenters. The van der Waals surface area contributed by atoms with Gasteiger partial charge in [0.2, 0.25) is 0 Å². The van der Waals surface area contributed by atoms with E-state index in [2.05, 4.69) is 0 Å². The first kappa shape index (κ1) is 15.5. The minimum absolute atomic E-state index is 0.0201. The van der Waals surface area contributed by atoms with Gasteiger partial charge in [0.25, 0.3) is 5.91 Å². The average molecular weight is 289 g/mol. The van der Waals surface area contributed by atoms with Gasteiger partial charge in [0.15, 0.2) is 0 Å². The second-order valence-electron chi connectivity index (χ2n) is 5.66. The van der Waals surface area contributed by atoms with Crippen LogP contribution in [0.3, 0.4) is 0 Å². The van der Waals surface area contributed by atoms with E-state index in [-0.39, 0.29) is 23.8 Å². The smallest absolute Gasteiger partial charge is 0.310 e. The average Bonchev–Trinajstić information content (AvgIpc) is 3.29. The molecule has 4 heteroatoms. The van der Waals surface area contributed by atoms with Crippen molar-refractivity contribution < 1.29 is 14.3 Å². The minimum atomic E-state index is -0.293. The van der Waals surface area contributed by atoms with Crippen LogP contribution in [0.2, 0.25) is 0 Å². The molecule has 0 aromatic heterocycles.